The van der Waals surface area contributed by atoms with Crippen molar-refractivity contribution >= 4 is 5.91 Å². The van der Waals surface area contributed by atoms with Gasteiger partial charge in [-0.3, -0.25) is 9.69 Å². The Hall–Kier alpha value is -2.33. The molecule has 1 fully saturated rings. The number of hydrogen-bond acceptors (Lipinski definition) is 3. The number of carbonyl (C=O) groups is 1. The van der Waals surface area contributed by atoms with Crippen LogP contribution in [0.25, 0.3) is 0 Å². The summed E-state index contributed by atoms with van der Waals surface area (Å²) >= 11 is 0. The molecule has 1 atom stereocenters. The number of carbonyl (C=O) groups excluding carboxylic acids is 1. The summed E-state index contributed by atoms with van der Waals surface area (Å²) in [6, 6.07) is 17.4. The third-order valence-corrected chi connectivity index (χ3v) is 6.65. The van der Waals surface area contributed by atoms with Crippen LogP contribution in [0.2, 0.25) is 0 Å². The monoisotopic (exact) mass is 392 g/mol. The Morgan fingerprint density at radius 2 is 1.83 bits per heavy atom. The van der Waals surface area contributed by atoms with Gasteiger partial charge < -0.3 is 10.1 Å². The van der Waals surface area contributed by atoms with E-state index < -0.39 is 0 Å². The van der Waals surface area contributed by atoms with E-state index in [0.29, 0.717) is 6.61 Å². The highest BCUT2D eigenvalue weighted by Crippen LogP contribution is 2.48. The Balaban J connectivity index is 1.43. The molecule has 0 bridgehead atoms. The van der Waals surface area contributed by atoms with Gasteiger partial charge in [0.25, 0.3) is 0 Å². The zero-order valence-electron chi connectivity index (χ0n) is 17.6. The van der Waals surface area contributed by atoms with Crippen LogP contribution in [0.1, 0.15) is 62.3 Å². The van der Waals surface area contributed by atoms with Gasteiger partial charge in [-0.15, -0.1) is 0 Å². The fourth-order valence-electron chi connectivity index (χ4n) is 5.16. The minimum absolute atomic E-state index is 0.0610. The van der Waals surface area contributed by atoms with Crippen LogP contribution in [0.3, 0.4) is 0 Å². The van der Waals surface area contributed by atoms with Gasteiger partial charge in [0.15, 0.2) is 0 Å². The molecular formula is C25H32N2O2. The summed E-state index contributed by atoms with van der Waals surface area (Å²) < 4.78 is 5.55. The third kappa shape index (κ3) is 4.32. The SMILES string of the molecule is CCOc1ccc(CN2CCC3(CC[C@H](NC(C)=O)c4ccccc43)CC2)cc1. The molecule has 1 heterocycles. The fourth-order valence-corrected chi connectivity index (χ4v) is 5.16. The summed E-state index contributed by atoms with van der Waals surface area (Å²) in [4.78, 5) is 14.2. The van der Waals surface area contributed by atoms with Gasteiger partial charge in [0.05, 0.1) is 12.6 Å². The lowest BCUT2D eigenvalue weighted by molar-refractivity contribution is -0.119. The van der Waals surface area contributed by atoms with Crippen molar-refractivity contribution in [2.24, 2.45) is 0 Å². The highest BCUT2D eigenvalue weighted by molar-refractivity contribution is 5.73. The molecule has 0 radical (unpaired) electrons. The van der Waals surface area contributed by atoms with Gasteiger partial charge in [0, 0.05) is 13.5 Å². The molecule has 2 aromatic rings. The Morgan fingerprint density at radius 3 is 2.52 bits per heavy atom. The predicted molar refractivity (Wildman–Crippen MR) is 116 cm³/mol. The lowest BCUT2D eigenvalue weighted by Gasteiger charge is -2.47. The van der Waals surface area contributed by atoms with E-state index in [-0.39, 0.29) is 17.4 Å². The van der Waals surface area contributed by atoms with Gasteiger partial charge in [0.2, 0.25) is 5.91 Å². The topological polar surface area (TPSA) is 41.6 Å². The lowest BCUT2D eigenvalue weighted by atomic mass is 9.63. The van der Waals surface area contributed by atoms with Crippen molar-refractivity contribution in [3.8, 4) is 5.75 Å². The number of fused-ring (bicyclic) bond motifs is 2. The molecular weight excluding hydrogens is 360 g/mol. The van der Waals surface area contributed by atoms with Gasteiger partial charge in [-0.2, -0.15) is 0 Å². The Bertz CT molecular complexity index is 838. The van der Waals surface area contributed by atoms with Crippen LogP contribution in [0.5, 0.6) is 5.75 Å². The summed E-state index contributed by atoms with van der Waals surface area (Å²) in [6.07, 6.45) is 4.57. The second kappa shape index (κ2) is 8.58. The number of piperidine rings is 1. The number of benzene rings is 2. The van der Waals surface area contributed by atoms with Crippen molar-refractivity contribution in [2.75, 3.05) is 19.7 Å². The molecule has 1 spiro atoms. The number of rotatable bonds is 5. The van der Waals surface area contributed by atoms with Crippen molar-refractivity contribution in [3.63, 3.8) is 0 Å². The Morgan fingerprint density at radius 1 is 1.10 bits per heavy atom. The highest BCUT2D eigenvalue weighted by Gasteiger charge is 2.41. The van der Waals surface area contributed by atoms with Gasteiger partial charge >= 0.3 is 0 Å². The maximum atomic E-state index is 11.6. The van der Waals surface area contributed by atoms with E-state index >= 15 is 0 Å². The molecule has 1 aliphatic heterocycles. The summed E-state index contributed by atoms with van der Waals surface area (Å²) in [7, 11) is 0. The van der Waals surface area contributed by atoms with Gasteiger partial charge in [-0.05, 0) is 79.9 Å². The third-order valence-electron chi connectivity index (χ3n) is 6.65. The Labute approximate surface area is 174 Å². The van der Waals surface area contributed by atoms with Crippen molar-refractivity contribution in [1.82, 2.24) is 10.2 Å². The van der Waals surface area contributed by atoms with E-state index in [0.717, 1.165) is 38.2 Å². The molecule has 4 nitrogen and oxygen atoms in total. The first kappa shape index (κ1) is 20.0. The van der Waals surface area contributed by atoms with Crippen molar-refractivity contribution < 1.29 is 9.53 Å². The van der Waals surface area contributed by atoms with E-state index in [1.54, 1.807) is 6.92 Å². The van der Waals surface area contributed by atoms with E-state index in [9.17, 15) is 4.79 Å². The van der Waals surface area contributed by atoms with Crippen LogP contribution in [0.15, 0.2) is 48.5 Å². The predicted octanol–water partition coefficient (Wildman–Crippen LogP) is 4.59. The lowest BCUT2D eigenvalue weighted by Crippen LogP contribution is -2.45. The zero-order chi connectivity index (χ0) is 20.3. The van der Waals surface area contributed by atoms with Crippen molar-refractivity contribution in [2.45, 2.75) is 57.5 Å². The number of nitrogens with one attached hydrogen (secondary N) is 1. The summed E-state index contributed by atoms with van der Waals surface area (Å²) in [5.74, 6) is 1.01. The van der Waals surface area contributed by atoms with Crippen LogP contribution in [-0.2, 0) is 16.8 Å². The molecule has 29 heavy (non-hydrogen) atoms. The molecule has 0 saturated carbocycles. The molecule has 4 heteroatoms. The Kier molecular flexibility index (Phi) is 5.91. The standard InChI is InChI=1S/C25H32N2O2/c1-3-29-21-10-8-20(9-11-21)18-27-16-14-25(15-17-27)13-12-24(26-19(2)28)22-6-4-5-7-23(22)25/h4-11,24H,3,12-18H2,1-2H3,(H,26,28)/t24-/m0/s1. The van der Waals surface area contributed by atoms with Gasteiger partial charge in [-0.25, -0.2) is 0 Å². The molecule has 154 valence electrons. The highest BCUT2D eigenvalue weighted by atomic mass is 16.5. The maximum Gasteiger partial charge on any atom is 0.217 e. The largest absolute Gasteiger partial charge is 0.494 e. The molecule has 1 amide bonds. The number of hydrogen-bond donors (Lipinski definition) is 1. The first-order valence-corrected chi connectivity index (χ1v) is 10.9. The van der Waals surface area contributed by atoms with E-state index in [1.165, 1.54) is 29.5 Å². The average Bonchev–Trinajstić information content (AvgIpc) is 2.73. The minimum Gasteiger partial charge on any atom is -0.494 e. The quantitative estimate of drug-likeness (QED) is 0.809. The molecule has 1 aliphatic carbocycles. The maximum absolute atomic E-state index is 11.6. The summed E-state index contributed by atoms with van der Waals surface area (Å²) in [6.45, 7) is 7.57. The van der Waals surface area contributed by atoms with Crippen molar-refractivity contribution in [1.29, 1.82) is 0 Å². The number of amides is 1. The van der Waals surface area contributed by atoms with Crippen LogP contribution in [0, 0.1) is 0 Å². The number of likely N-dealkylation sites (tertiary alicyclic amines) is 1. The molecule has 0 unspecified atom stereocenters. The summed E-state index contributed by atoms with van der Waals surface area (Å²) in [5.41, 5.74) is 4.40. The molecule has 2 aromatic carbocycles. The van der Waals surface area contributed by atoms with E-state index in [4.69, 9.17) is 4.74 Å². The molecule has 1 saturated heterocycles. The molecule has 0 aromatic heterocycles. The molecule has 2 aliphatic rings. The average molecular weight is 393 g/mol. The van der Waals surface area contributed by atoms with Crippen LogP contribution >= 0.6 is 0 Å². The summed E-state index contributed by atoms with van der Waals surface area (Å²) in [5, 5.41) is 3.16. The first-order chi connectivity index (χ1) is 14.1. The molecule has 1 N–H and O–H groups in total. The second-order valence-corrected chi connectivity index (χ2v) is 8.51. The number of nitrogens with zero attached hydrogens (tertiary/aromatic N) is 1. The number of ether oxygens (including phenoxy) is 1. The first-order valence-electron chi connectivity index (χ1n) is 10.9. The second-order valence-electron chi connectivity index (χ2n) is 8.51. The fraction of sp³-hybridized carbons (Fsp3) is 0.480. The minimum atomic E-state index is 0.0610. The smallest absolute Gasteiger partial charge is 0.217 e. The van der Waals surface area contributed by atoms with Gasteiger partial charge in [0.1, 0.15) is 5.75 Å². The molecule has 4 rings (SSSR count). The van der Waals surface area contributed by atoms with Crippen LogP contribution < -0.4 is 10.1 Å². The van der Waals surface area contributed by atoms with Gasteiger partial charge in [-0.1, -0.05) is 36.4 Å². The van der Waals surface area contributed by atoms with Crippen molar-refractivity contribution in [3.05, 3.63) is 65.2 Å². The van der Waals surface area contributed by atoms with Crippen LogP contribution in [0.4, 0.5) is 0 Å². The van der Waals surface area contributed by atoms with Crippen LogP contribution in [-0.4, -0.2) is 30.5 Å². The van der Waals surface area contributed by atoms with E-state index in [1.807, 2.05) is 6.92 Å². The normalized spacial score (nSPS) is 20.8. The van der Waals surface area contributed by atoms with E-state index in [2.05, 4.69) is 58.7 Å². The zero-order valence-corrected chi connectivity index (χ0v) is 17.6.